The lowest BCUT2D eigenvalue weighted by molar-refractivity contribution is 0.102. The van der Waals surface area contributed by atoms with Crippen LogP contribution in [-0.4, -0.2) is 23.3 Å². The molecule has 0 spiro atoms. The van der Waals surface area contributed by atoms with Gasteiger partial charge in [-0.1, -0.05) is 94.4 Å². The number of nitrogens with zero attached hydrogens (tertiary/aromatic N) is 3. The number of amides is 1. The molecule has 9 rings (SSSR count). The molecule has 0 saturated carbocycles. The second-order valence-electron chi connectivity index (χ2n) is 11.7. The fourth-order valence-electron chi connectivity index (χ4n) is 5.75. The predicted octanol–water partition coefficient (Wildman–Crippen LogP) is 13.1. The molecule has 7 nitrogen and oxygen atoms in total. The summed E-state index contributed by atoms with van der Waals surface area (Å²) in [5.41, 5.74) is 10.2. The fraction of sp³-hybridized carbons (Fsp3) is 0.0250. The summed E-state index contributed by atoms with van der Waals surface area (Å²) in [5.74, 6) is -0.130. The highest BCUT2D eigenvalue weighted by atomic mass is 35.5. The highest BCUT2D eigenvalue weighted by Crippen LogP contribution is 2.41. The summed E-state index contributed by atoms with van der Waals surface area (Å²) < 4.78 is 0. The van der Waals surface area contributed by atoms with E-state index in [0.717, 1.165) is 56.6 Å². The Morgan fingerprint density at radius 1 is 0.462 bits per heavy atom. The Labute approximate surface area is 325 Å². The average Bonchev–Trinajstić information content (AvgIpc) is 3.42. The number of hydrogen-bond donors (Lipinski definition) is 3. The molecule has 3 N–H and O–H groups in total. The van der Waals surface area contributed by atoms with Crippen molar-refractivity contribution in [2.24, 2.45) is 9.98 Å². The molecule has 0 unspecified atom stereocenters. The number of halogens is 5. The number of aliphatic imine (C=N–C) groups is 2. The lowest BCUT2D eigenvalue weighted by Gasteiger charge is -2.21. The predicted molar refractivity (Wildman–Crippen MR) is 220 cm³/mol. The minimum Gasteiger partial charge on any atom is -0.353 e. The van der Waals surface area contributed by atoms with E-state index >= 15 is 0 Å². The lowest BCUT2D eigenvalue weighted by atomic mass is 10.1. The van der Waals surface area contributed by atoms with Gasteiger partial charge in [0.25, 0.3) is 5.91 Å². The van der Waals surface area contributed by atoms with Crippen LogP contribution in [0, 0.1) is 0 Å². The van der Waals surface area contributed by atoms with Gasteiger partial charge in [0, 0.05) is 38.9 Å². The van der Waals surface area contributed by atoms with E-state index in [9.17, 15) is 4.79 Å². The van der Waals surface area contributed by atoms with Crippen LogP contribution in [0.5, 0.6) is 0 Å². The van der Waals surface area contributed by atoms with Crippen molar-refractivity contribution in [1.82, 2.24) is 0 Å². The van der Waals surface area contributed by atoms with Crippen LogP contribution < -0.4 is 20.9 Å². The van der Waals surface area contributed by atoms with Gasteiger partial charge in [-0.2, -0.15) is 0 Å². The average molecular weight is 785 g/mol. The summed E-state index contributed by atoms with van der Waals surface area (Å²) in [4.78, 5) is 22.9. The third kappa shape index (κ3) is 7.60. The van der Waals surface area contributed by atoms with Gasteiger partial charge in [0.1, 0.15) is 10.3 Å². The van der Waals surface area contributed by atoms with Crippen molar-refractivity contribution in [3.63, 3.8) is 0 Å². The molecule has 52 heavy (non-hydrogen) atoms. The zero-order chi connectivity index (χ0) is 36.4. The number of rotatable bonds is 0. The molecule has 0 radical (unpaired) electrons. The maximum atomic E-state index is 12.0. The topological polar surface area (TPSA) is 81.1 Å². The first kappa shape index (κ1) is 35.4. The van der Waals surface area contributed by atoms with Crippen molar-refractivity contribution in [2.75, 3.05) is 27.9 Å². The van der Waals surface area contributed by atoms with E-state index in [4.69, 9.17) is 58.0 Å². The maximum absolute atomic E-state index is 12.0. The van der Waals surface area contributed by atoms with Crippen molar-refractivity contribution in [3.8, 4) is 0 Å². The summed E-state index contributed by atoms with van der Waals surface area (Å²) in [6.07, 6.45) is 0. The van der Waals surface area contributed by atoms with Gasteiger partial charge in [-0.05, 0) is 91.0 Å². The molecule has 1 amide bonds. The molecule has 6 aromatic carbocycles. The van der Waals surface area contributed by atoms with E-state index < -0.39 is 0 Å². The minimum atomic E-state index is -0.130. The summed E-state index contributed by atoms with van der Waals surface area (Å²) in [5, 5.41) is 12.2. The van der Waals surface area contributed by atoms with Gasteiger partial charge in [0.2, 0.25) is 0 Å². The molecular formula is C40H27Cl5N6O. The minimum absolute atomic E-state index is 0.130. The Kier molecular flexibility index (Phi) is 10.4. The van der Waals surface area contributed by atoms with E-state index in [1.807, 2.05) is 110 Å². The number of hydrogen-bond acceptors (Lipinski definition) is 6. The van der Waals surface area contributed by atoms with Gasteiger partial charge >= 0.3 is 0 Å². The Morgan fingerprint density at radius 2 is 0.981 bits per heavy atom. The highest BCUT2D eigenvalue weighted by molar-refractivity contribution is 6.71. The lowest BCUT2D eigenvalue weighted by Crippen LogP contribution is -2.11. The van der Waals surface area contributed by atoms with Crippen molar-refractivity contribution >= 4 is 125 Å². The normalized spacial score (nSPS) is 13.1. The number of carbonyl (C=O) groups is 1. The van der Waals surface area contributed by atoms with Crippen LogP contribution in [-0.2, 0) is 0 Å². The Morgan fingerprint density at radius 3 is 1.73 bits per heavy atom. The van der Waals surface area contributed by atoms with Gasteiger partial charge in [0.15, 0.2) is 0 Å². The van der Waals surface area contributed by atoms with Crippen LogP contribution in [0.15, 0.2) is 137 Å². The first-order valence-electron chi connectivity index (χ1n) is 15.9. The summed E-state index contributed by atoms with van der Waals surface area (Å²) in [6.45, 7) is 0. The Bertz CT molecular complexity index is 2410. The molecule has 0 aromatic heterocycles. The smallest absolute Gasteiger partial charge is 0.257 e. The Balaban J connectivity index is 0.000000121. The molecule has 0 atom stereocenters. The molecular weight excluding hydrogens is 758 g/mol. The number of carbonyl (C=O) groups excluding carboxylic acids is 1. The molecule has 3 aliphatic rings. The van der Waals surface area contributed by atoms with Crippen LogP contribution in [0.3, 0.4) is 0 Å². The van der Waals surface area contributed by atoms with Crippen LogP contribution in [0.1, 0.15) is 21.5 Å². The molecule has 0 aliphatic carbocycles. The van der Waals surface area contributed by atoms with Crippen LogP contribution in [0.4, 0.5) is 51.2 Å². The second-order valence-corrected chi connectivity index (χ2v) is 13.7. The number of fused-ring (bicyclic) bond motifs is 6. The molecule has 0 bridgehead atoms. The monoisotopic (exact) mass is 782 g/mol. The molecule has 12 heteroatoms. The molecule has 258 valence electrons. The molecule has 0 saturated heterocycles. The number of anilines is 7. The van der Waals surface area contributed by atoms with Gasteiger partial charge in [-0.15, -0.1) is 0 Å². The van der Waals surface area contributed by atoms with Gasteiger partial charge in [-0.25, -0.2) is 9.98 Å². The van der Waals surface area contributed by atoms with E-state index in [0.29, 0.717) is 36.7 Å². The summed E-state index contributed by atoms with van der Waals surface area (Å²) >= 11 is 30.3. The van der Waals surface area contributed by atoms with Crippen molar-refractivity contribution in [2.45, 2.75) is 0 Å². The molecule has 6 aromatic rings. The SMILES string of the molecule is CN1c2ccc(Cl)cc2N=C(Cl)c2ccccc21.ClC1=Nc2cc(Cl)ccc2Nc2ccccc21.O=C1Nc2cc(Cl)ccc2Nc2ccccc21. The molecule has 3 aliphatic heterocycles. The van der Waals surface area contributed by atoms with E-state index in [2.05, 4.69) is 30.8 Å². The van der Waals surface area contributed by atoms with E-state index in [1.165, 1.54) is 0 Å². The first-order valence-corrected chi connectivity index (χ1v) is 17.8. The van der Waals surface area contributed by atoms with Crippen molar-refractivity contribution < 1.29 is 4.79 Å². The zero-order valence-corrected chi connectivity index (χ0v) is 31.0. The zero-order valence-electron chi connectivity index (χ0n) is 27.3. The van der Waals surface area contributed by atoms with E-state index in [-0.39, 0.29) is 5.91 Å². The van der Waals surface area contributed by atoms with Gasteiger partial charge in [0.05, 0.1) is 51.1 Å². The van der Waals surface area contributed by atoms with Crippen molar-refractivity contribution in [3.05, 3.63) is 159 Å². The van der Waals surface area contributed by atoms with Crippen LogP contribution in [0.2, 0.25) is 15.1 Å². The Hall–Kier alpha value is -5.02. The maximum Gasteiger partial charge on any atom is 0.257 e. The summed E-state index contributed by atoms with van der Waals surface area (Å²) in [7, 11) is 2.00. The quantitative estimate of drug-likeness (QED) is 0.143. The summed E-state index contributed by atoms with van der Waals surface area (Å²) in [6, 6.07) is 39.6. The molecule has 3 heterocycles. The molecule has 0 fully saturated rings. The van der Waals surface area contributed by atoms with Gasteiger partial charge < -0.3 is 20.9 Å². The second kappa shape index (κ2) is 15.3. The number of para-hydroxylation sites is 3. The largest absolute Gasteiger partial charge is 0.353 e. The fourth-order valence-corrected chi connectivity index (χ4v) is 6.76. The number of benzene rings is 6. The number of nitrogens with one attached hydrogen (secondary N) is 3. The van der Waals surface area contributed by atoms with Crippen LogP contribution in [0.25, 0.3) is 0 Å². The third-order valence-electron chi connectivity index (χ3n) is 8.27. The van der Waals surface area contributed by atoms with E-state index in [1.54, 1.807) is 24.3 Å². The van der Waals surface area contributed by atoms with Crippen LogP contribution >= 0.6 is 58.0 Å². The standard InChI is InChI=1S/C14H10Cl2N2.C13H8Cl2N2.C13H9ClN2O/c1-18-12-5-3-2-4-10(12)14(16)17-11-8-9(15)6-7-13(11)18;14-8-5-6-11-12(7-8)17-13(15)9-3-1-2-4-10(9)16-11;14-8-5-6-11-12(7-8)16-13(17)9-3-1-2-4-10(9)15-11/h2-8H,1H3;1-7,16H;1-7,15H,(H,16,17). The van der Waals surface area contributed by atoms with Gasteiger partial charge in [-0.3, -0.25) is 4.79 Å². The highest BCUT2D eigenvalue weighted by Gasteiger charge is 2.20. The van der Waals surface area contributed by atoms with Crippen molar-refractivity contribution in [1.29, 1.82) is 0 Å². The third-order valence-corrected chi connectivity index (χ3v) is 9.55. The first-order chi connectivity index (χ1) is 25.1.